The van der Waals surface area contributed by atoms with Gasteiger partial charge >= 0.3 is 0 Å². The van der Waals surface area contributed by atoms with Crippen LogP contribution in [0.4, 0.5) is 5.69 Å². The second-order valence-corrected chi connectivity index (χ2v) is 8.67. The second kappa shape index (κ2) is 9.88. The Bertz CT molecular complexity index is 1000. The molecule has 1 saturated heterocycles. The van der Waals surface area contributed by atoms with Crippen molar-refractivity contribution in [1.29, 1.82) is 0 Å². The lowest BCUT2D eigenvalue weighted by Crippen LogP contribution is -2.51. The molecule has 1 fully saturated rings. The maximum Gasteiger partial charge on any atom is 0.241 e. The summed E-state index contributed by atoms with van der Waals surface area (Å²) in [5.41, 5.74) is 1.06. The molecular weight excluding hydrogens is 422 g/mol. The van der Waals surface area contributed by atoms with Crippen molar-refractivity contribution in [1.82, 2.24) is 9.62 Å². The number of nitrogens with zero attached hydrogens (tertiary/aromatic N) is 2. The molecule has 0 atom stereocenters. The highest BCUT2D eigenvalue weighted by atomic mass is 32.2. The Morgan fingerprint density at radius 1 is 0.903 bits per heavy atom. The molecule has 3 rings (SSSR count). The molecule has 0 spiro atoms. The number of benzene rings is 2. The van der Waals surface area contributed by atoms with Gasteiger partial charge in [0.15, 0.2) is 11.5 Å². The lowest BCUT2D eigenvalue weighted by atomic mass is 10.2. The molecule has 1 N–H and O–H groups in total. The molecule has 168 valence electrons. The van der Waals surface area contributed by atoms with Crippen LogP contribution in [0.2, 0.25) is 0 Å². The summed E-state index contributed by atoms with van der Waals surface area (Å²) in [7, 11) is 0.653. The van der Waals surface area contributed by atoms with Crippen LogP contribution in [-0.4, -0.2) is 73.3 Å². The van der Waals surface area contributed by atoms with E-state index in [1.165, 1.54) is 32.4 Å². The lowest BCUT2D eigenvalue weighted by Gasteiger charge is -2.36. The summed E-state index contributed by atoms with van der Waals surface area (Å²) < 4.78 is 43.0. The first-order chi connectivity index (χ1) is 14.9. The van der Waals surface area contributed by atoms with Crippen LogP contribution in [0.15, 0.2) is 47.4 Å². The van der Waals surface area contributed by atoms with Crippen LogP contribution in [0.1, 0.15) is 0 Å². The maximum atomic E-state index is 12.6. The minimum Gasteiger partial charge on any atom is -0.497 e. The molecule has 31 heavy (non-hydrogen) atoms. The first-order valence-corrected chi connectivity index (χ1v) is 11.2. The number of nitrogens with one attached hydrogen (secondary N) is 1. The molecule has 0 bridgehead atoms. The van der Waals surface area contributed by atoms with Crippen LogP contribution in [0.3, 0.4) is 0 Å². The highest BCUT2D eigenvalue weighted by Gasteiger charge is 2.24. The first-order valence-electron chi connectivity index (χ1n) is 9.76. The zero-order valence-electron chi connectivity index (χ0n) is 17.8. The van der Waals surface area contributed by atoms with Crippen LogP contribution in [-0.2, 0) is 14.8 Å². The van der Waals surface area contributed by atoms with E-state index in [0.717, 1.165) is 11.4 Å². The highest BCUT2D eigenvalue weighted by Crippen LogP contribution is 2.29. The Labute approximate surface area is 182 Å². The fraction of sp³-hybridized carbons (Fsp3) is 0.381. The van der Waals surface area contributed by atoms with Crippen LogP contribution in [0.5, 0.6) is 17.2 Å². The van der Waals surface area contributed by atoms with Crippen LogP contribution in [0, 0.1) is 0 Å². The zero-order chi connectivity index (χ0) is 22.4. The van der Waals surface area contributed by atoms with Gasteiger partial charge in [0.05, 0.1) is 32.8 Å². The Morgan fingerprint density at radius 3 is 2.13 bits per heavy atom. The largest absolute Gasteiger partial charge is 0.497 e. The second-order valence-electron chi connectivity index (χ2n) is 6.91. The third kappa shape index (κ3) is 5.39. The Kier molecular flexibility index (Phi) is 7.24. The van der Waals surface area contributed by atoms with Gasteiger partial charge < -0.3 is 24.0 Å². The van der Waals surface area contributed by atoms with E-state index in [4.69, 9.17) is 14.2 Å². The van der Waals surface area contributed by atoms with Gasteiger partial charge in [-0.3, -0.25) is 4.79 Å². The topological polar surface area (TPSA) is 97.4 Å². The van der Waals surface area contributed by atoms with E-state index in [-0.39, 0.29) is 17.3 Å². The summed E-state index contributed by atoms with van der Waals surface area (Å²) >= 11 is 0. The lowest BCUT2D eigenvalue weighted by molar-refractivity contribution is -0.130. The number of carbonyl (C=O) groups excluding carboxylic acids is 1. The predicted octanol–water partition coefficient (Wildman–Crippen LogP) is 1.34. The van der Waals surface area contributed by atoms with Crippen molar-refractivity contribution in [2.75, 3.05) is 59.0 Å². The van der Waals surface area contributed by atoms with Crippen molar-refractivity contribution in [2.45, 2.75) is 4.90 Å². The molecule has 0 unspecified atom stereocenters. The fourth-order valence-electron chi connectivity index (χ4n) is 3.34. The van der Waals surface area contributed by atoms with Crippen LogP contribution in [0.25, 0.3) is 0 Å². The quantitative estimate of drug-likeness (QED) is 0.650. The van der Waals surface area contributed by atoms with E-state index in [2.05, 4.69) is 9.62 Å². The van der Waals surface area contributed by atoms with E-state index in [1.807, 2.05) is 24.3 Å². The van der Waals surface area contributed by atoms with Crippen LogP contribution >= 0.6 is 0 Å². The van der Waals surface area contributed by atoms with Gasteiger partial charge in [0.2, 0.25) is 15.9 Å². The number of sulfonamides is 1. The molecule has 0 saturated carbocycles. The van der Waals surface area contributed by atoms with Gasteiger partial charge in [-0.25, -0.2) is 13.1 Å². The zero-order valence-corrected chi connectivity index (χ0v) is 18.6. The van der Waals surface area contributed by atoms with Crippen molar-refractivity contribution >= 4 is 21.6 Å². The number of anilines is 1. The van der Waals surface area contributed by atoms with Gasteiger partial charge in [0, 0.05) is 37.9 Å². The molecule has 0 aromatic heterocycles. The fourth-order valence-corrected chi connectivity index (χ4v) is 4.33. The van der Waals surface area contributed by atoms with Crippen LogP contribution < -0.4 is 23.8 Å². The summed E-state index contributed by atoms with van der Waals surface area (Å²) in [4.78, 5) is 16.4. The molecular formula is C21H27N3O6S. The van der Waals surface area contributed by atoms with E-state index in [9.17, 15) is 13.2 Å². The summed E-state index contributed by atoms with van der Waals surface area (Å²) in [5.74, 6) is 1.25. The number of piperazine rings is 1. The minimum atomic E-state index is -3.87. The van der Waals surface area contributed by atoms with Gasteiger partial charge in [0.1, 0.15) is 5.75 Å². The number of rotatable bonds is 8. The van der Waals surface area contributed by atoms with Gasteiger partial charge in [0.25, 0.3) is 0 Å². The Balaban J connectivity index is 1.55. The number of hydrogen-bond donors (Lipinski definition) is 1. The maximum absolute atomic E-state index is 12.6. The first kappa shape index (κ1) is 22.7. The molecule has 1 heterocycles. The number of amides is 1. The van der Waals surface area contributed by atoms with Crippen molar-refractivity contribution in [2.24, 2.45) is 0 Å². The third-order valence-corrected chi connectivity index (χ3v) is 6.55. The number of ether oxygens (including phenoxy) is 3. The van der Waals surface area contributed by atoms with Gasteiger partial charge in [-0.05, 0) is 36.4 Å². The molecule has 9 nitrogen and oxygen atoms in total. The molecule has 1 aliphatic rings. The monoisotopic (exact) mass is 449 g/mol. The van der Waals surface area contributed by atoms with E-state index >= 15 is 0 Å². The van der Waals surface area contributed by atoms with E-state index < -0.39 is 10.0 Å². The predicted molar refractivity (Wildman–Crippen MR) is 117 cm³/mol. The van der Waals surface area contributed by atoms with Crippen molar-refractivity contribution in [3.8, 4) is 17.2 Å². The number of methoxy groups -OCH3 is 3. The number of hydrogen-bond acceptors (Lipinski definition) is 7. The molecule has 0 aliphatic carbocycles. The SMILES string of the molecule is COc1ccc(N2CCN(C(=O)CNS(=O)(=O)c3ccc(OC)c(OC)c3)CC2)cc1. The van der Waals surface area contributed by atoms with E-state index in [1.54, 1.807) is 12.0 Å². The summed E-state index contributed by atoms with van der Waals surface area (Å²) in [6.45, 7) is 2.06. The van der Waals surface area contributed by atoms with E-state index in [0.29, 0.717) is 37.7 Å². The third-order valence-electron chi connectivity index (χ3n) is 5.15. The average molecular weight is 450 g/mol. The Morgan fingerprint density at radius 2 is 1.55 bits per heavy atom. The normalized spacial score (nSPS) is 14.3. The summed E-state index contributed by atoms with van der Waals surface area (Å²) in [6.07, 6.45) is 0. The van der Waals surface area contributed by atoms with Gasteiger partial charge in [-0.1, -0.05) is 0 Å². The standard InChI is InChI=1S/C21H27N3O6S/c1-28-17-6-4-16(5-7-17)23-10-12-24(13-11-23)21(25)15-22-31(26,27)18-8-9-19(29-2)20(14-18)30-3/h4-9,14,22H,10-13,15H2,1-3H3. The minimum absolute atomic E-state index is 0.00211. The van der Waals surface area contributed by atoms with Crippen molar-refractivity contribution in [3.05, 3.63) is 42.5 Å². The van der Waals surface area contributed by atoms with Gasteiger partial charge in [-0.2, -0.15) is 0 Å². The highest BCUT2D eigenvalue weighted by molar-refractivity contribution is 7.89. The summed E-state index contributed by atoms with van der Waals surface area (Å²) in [6, 6.07) is 12.0. The molecule has 10 heteroatoms. The molecule has 2 aromatic carbocycles. The average Bonchev–Trinajstić information content (AvgIpc) is 2.82. The molecule has 1 aliphatic heterocycles. The Hall–Kier alpha value is -2.98. The van der Waals surface area contributed by atoms with Crippen molar-refractivity contribution < 1.29 is 27.4 Å². The van der Waals surface area contributed by atoms with Gasteiger partial charge in [-0.15, -0.1) is 0 Å². The molecule has 2 aromatic rings. The summed E-state index contributed by atoms with van der Waals surface area (Å²) in [5, 5.41) is 0. The van der Waals surface area contributed by atoms with Crippen molar-refractivity contribution in [3.63, 3.8) is 0 Å². The molecule has 1 amide bonds. The molecule has 0 radical (unpaired) electrons. The smallest absolute Gasteiger partial charge is 0.241 e. The number of carbonyl (C=O) groups is 1.